The van der Waals surface area contributed by atoms with Gasteiger partial charge in [-0.15, -0.1) is 0 Å². The van der Waals surface area contributed by atoms with Crippen LogP contribution in [0.25, 0.3) is 11.1 Å². The summed E-state index contributed by atoms with van der Waals surface area (Å²) >= 11 is 0. The van der Waals surface area contributed by atoms with Gasteiger partial charge >= 0.3 is 0 Å². The van der Waals surface area contributed by atoms with E-state index in [-0.39, 0.29) is 30.4 Å². The summed E-state index contributed by atoms with van der Waals surface area (Å²) in [4.78, 5) is 28.0. The molecule has 0 radical (unpaired) electrons. The zero-order valence-corrected chi connectivity index (χ0v) is 16.3. The zero-order chi connectivity index (χ0) is 19.9. The Morgan fingerprint density at radius 3 is 2.18 bits per heavy atom. The molecule has 2 atom stereocenters. The molecule has 146 valence electrons. The summed E-state index contributed by atoms with van der Waals surface area (Å²) in [5, 5.41) is 9.97. The average molecular weight is 378 g/mol. The van der Waals surface area contributed by atoms with Crippen LogP contribution in [-0.4, -0.2) is 58.0 Å². The first kappa shape index (κ1) is 18.7. The minimum absolute atomic E-state index is 0.0344. The molecule has 0 unspecified atom stereocenters. The Balaban J connectivity index is 1.63. The monoisotopic (exact) mass is 378 g/mol. The highest BCUT2D eigenvalue weighted by Gasteiger charge is 2.67. The Kier molecular flexibility index (Phi) is 4.71. The third-order valence-electron chi connectivity index (χ3n) is 6.26. The van der Waals surface area contributed by atoms with Crippen molar-refractivity contribution in [2.45, 2.75) is 37.8 Å². The number of carbonyl (C=O) groups is 2. The molecule has 0 saturated carbocycles. The highest BCUT2D eigenvalue weighted by atomic mass is 16.3. The molecule has 0 aromatic heterocycles. The van der Waals surface area contributed by atoms with Gasteiger partial charge in [0, 0.05) is 32.4 Å². The summed E-state index contributed by atoms with van der Waals surface area (Å²) < 4.78 is 0. The Morgan fingerprint density at radius 2 is 1.64 bits per heavy atom. The molecule has 5 nitrogen and oxygen atoms in total. The van der Waals surface area contributed by atoms with Crippen LogP contribution in [0.1, 0.15) is 31.7 Å². The molecule has 2 aliphatic rings. The first-order valence-corrected chi connectivity index (χ1v) is 9.85. The van der Waals surface area contributed by atoms with Crippen molar-refractivity contribution >= 4 is 11.8 Å². The molecule has 2 saturated heterocycles. The minimum Gasteiger partial charge on any atom is -0.394 e. The number of hydrogen-bond donors (Lipinski definition) is 1. The fraction of sp³-hybridized carbons (Fsp3) is 0.391. The van der Waals surface area contributed by atoms with Crippen molar-refractivity contribution in [3.8, 4) is 11.1 Å². The molecule has 2 fully saturated rings. The van der Waals surface area contributed by atoms with Gasteiger partial charge in [0.25, 0.3) is 0 Å². The van der Waals surface area contributed by atoms with Gasteiger partial charge in [0.05, 0.1) is 18.2 Å². The number of rotatable bonds is 4. The van der Waals surface area contributed by atoms with Gasteiger partial charge < -0.3 is 14.9 Å². The number of hydrogen-bond acceptors (Lipinski definition) is 3. The quantitative estimate of drug-likeness (QED) is 0.890. The Bertz CT molecular complexity index is 872. The van der Waals surface area contributed by atoms with Gasteiger partial charge in [0.2, 0.25) is 11.8 Å². The van der Waals surface area contributed by atoms with E-state index < -0.39 is 5.54 Å². The molecule has 0 bridgehead atoms. The lowest BCUT2D eigenvalue weighted by Gasteiger charge is -2.70. The van der Waals surface area contributed by atoms with Gasteiger partial charge in [-0.05, 0) is 16.7 Å². The van der Waals surface area contributed by atoms with Crippen LogP contribution in [0.15, 0.2) is 54.6 Å². The predicted molar refractivity (Wildman–Crippen MR) is 108 cm³/mol. The number of aliphatic hydroxyl groups is 1. The Morgan fingerprint density at radius 1 is 1.04 bits per heavy atom. The van der Waals surface area contributed by atoms with Crippen molar-refractivity contribution in [2.75, 3.05) is 19.7 Å². The second kappa shape index (κ2) is 7.06. The van der Waals surface area contributed by atoms with Crippen molar-refractivity contribution in [2.24, 2.45) is 0 Å². The maximum Gasteiger partial charge on any atom is 0.222 e. The van der Waals surface area contributed by atoms with Crippen LogP contribution < -0.4 is 0 Å². The number of likely N-dealkylation sites (tertiary alicyclic amines) is 2. The maximum atomic E-state index is 12.3. The van der Waals surface area contributed by atoms with Crippen LogP contribution in [0, 0.1) is 0 Å². The largest absolute Gasteiger partial charge is 0.394 e. The topological polar surface area (TPSA) is 60.9 Å². The van der Waals surface area contributed by atoms with Gasteiger partial charge in [-0.25, -0.2) is 0 Å². The van der Waals surface area contributed by atoms with Crippen LogP contribution in [0.5, 0.6) is 0 Å². The first-order valence-electron chi connectivity index (χ1n) is 9.85. The Hall–Kier alpha value is -2.66. The molecule has 2 aliphatic heterocycles. The van der Waals surface area contributed by atoms with E-state index in [9.17, 15) is 14.7 Å². The van der Waals surface area contributed by atoms with Gasteiger partial charge in [-0.2, -0.15) is 0 Å². The molecular formula is C23H26N2O3. The summed E-state index contributed by atoms with van der Waals surface area (Å²) in [6, 6.07) is 18.3. The van der Waals surface area contributed by atoms with Crippen LogP contribution >= 0.6 is 0 Å². The summed E-state index contributed by atoms with van der Waals surface area (Å²) in [5.41, 5.74) is 3.01. The molecule has 2 aromatic rings. The summed E-state index contributed by atoms with van der Waals surface area (Å²) in [5.74, 6) is 0.103. The van der Waals surface area contributed by atoms with E-state index in [0.717, 1.165) is 16.7 Å². The molecule has 2 aromatic carbocycles. The van der Waals surface area contributed by atoms with Crippen molar-refractivity contribution in [1.29, 1.82) is 0 Å². The van der Waals surface area contributed by atoms with E-state index in [4.69, 9.17) is 0 Å². The Labute approximate surface area is 165 Å². The van der Waals surface area contributed by atoms with Gasteiger partial charge in [-0.3, -0.25) is 9.59 Å². The SMILES string of the molecule is CCC(=O)N1CC2(C1)[C@H](c1ccc(-c3ccccc3)cc1)[C@H](CO)N2C(C)=O. The average Bonchev–Trinajstić information content (AvgIpc) is 2.67. The lowest BCUT2D eigenvalue weighted by atomic mass is 9.60. The van der Waals surface area contributed by atoms with Crippen LogP contribution in [0.4, 0.5) is 0 Å². The second-order valence-electron chi connectivity index (χ2n) is 7.81. The highest BCUT2D eigenvalue weighted by molar-refractivity contribution is 5.81. The fourth-order valence-electron chi connectivity index (χ4n) is 5.05. The number of aliphatic hydroxyl groups excluding tert-OH is 1. The third-order valence-corrected chi connectivity index (χ3v) is 6.26. The van der Waals surface area contributed by atoms with E-state index in [1.807, 2.05) is 30.0 Å². The van der Waals surface area contributed by atoms with Crippen LogP contribution in [0.2, 0.25) is 0 Å². The van der Waals surface area contributed by atoms with Crippen LogP contribution in [0.3, 0.4) is 0 Å². The number of benzene rings is 2. The molecule has 2 heterocycles. The number of carbonyl (C=O) groups excluding carboxylic acids is 2. The van der Waals surface area contributed by atoms with E-state index >= 15 is 0 Å². The van der Waals surface area contributed by atoms with Gasteiger partial charge in [0.15, 0.2) is 0 Å². The third kappa shape index (κ3) is 2.73. The van der Waals surface area contributed by atoms with Crippen molar-refractivity contribution < 1.29 is 14.7 Å². The lowest BCUT2D eigenvalue weighted by Crippen LogP contribution is -2.85. The van der Waals surface area contributed by atoms with Crippen molar-refractivity contribution in [3.63, 3.8) is 0 Å². The predicted octanol–water partition coefficient (Wildman–Crippen LogP) is 2.65. The first-order chi connectivity index (χ1) is 13.5. The van der Waals surface area contributed by atoms with Gasteiger partial charge in [0.1, 0.15) is 0 Å². The number of nitrogens with zero attached hydrogens (tertiary/aromatic N) is 2. The highest BCUT2D eigenvalue weighted by Crippen LogP contribution is 2.54. The molecule has 1 spiro atoms. The molecule has 5 heteroatoms. The van der Waals surface area contributed by atoms with Crippen molar-refractivity contribution in [1.82, 2.24) is 9.80 Å². The normalized spacial score (nSPS) is 22.5. The summed E-state index contributed by atoms with van der Waals surface area (Å²) in [7, 11) is 0. The van der Waals surface area contributed by atoms with Crippen molar-refractivity contribution in [3.05, 3.63) is 60.2 Å². The molecule has 0 aliphatic carbocycles. The fourth-order valence-corrected chi connectivity index (χ4v) is 5.05. The molecule has 28 heavy (non-hydrogen) atoms. The summed E-state index contributed by atoms with van der Waals surface area (Å²) in [6.45, 7) is 4.41. The molecule has 1 N–H and O–H groups in total. The minimum atomic E-state index is -0.391. The lowest BCUT2D eigenvalue weighted by molar-refractivity contribution is -0.201. The van der Waals surface area contributed by atoms with E-state index in [1.54, 1.807) is 11.8 Å². The van der Waals surface area contributed by atoms with Crippen LogP contribution in [-0.2, 0) is 9.59 Å². The van der Waals surface area contributed by atoms with E-state index in [0.29, 0.717) is 19.5 Å². The summed E-state index contributed by atoms with van der Waals surface area (Å²) in [6.07, 6.45) is 0.468. The molecule has 4 rings (SSSR count). The maximum absolute atomic E-state index is 12.3. The van der Waals surface area contributed by atoms with E-state index in [1.165, 1.54) is 0 Å². The zero-order valence-electron chi connectivity index (χ0n) is 16.3. The van der Waals surface area contributed by atoms with E-state index in [2.05, 4.69) is 36.4 Å². The standard InChI is InChI=1S/C23H26N2O3/c1-3-21(28)24-14-23(15-24)22(20(13-26)25(23)16(2)27)19-11-9-18(10-12-19)17-7-5-4-6-8-17/h4-12,20,22,26H,3,13-15H2,1-2H3/t20-,22+/m0/s1. The molecule has 2 amide bonds. The smallest absolute Gasteiger partial charge is 0.222 e. The number of amides is 2. The second-order valence-corrected chi connectivity index (χ2v) is 7.81. The van der Waals surface area contributed by atoms with Gasteiger partial charge in [-0.1, -0.05) is 61.5 Å². The molecular weight excluding hydrogens is 352 g/mol.